The molecule has 5 nitrogen and oxygen atoms in total. The fourth-order valence-corrected chi connectivity index (χ4v) is 5.51. The van der Waals surface area contributed by atoms with Gasteiger partial charge in [0.2, 0.25) is 5.91 Å². The van der Waals surface area contributed by atoms with E-state index in [4.69, 9.17) is 4.74 Å². The van der Waals surface area contributed by atoms with Crippen molar-refractivity contribution in [1.29, 1.82) is 0 Å². The Labute approximate surface area is 212 Å². The van der Waals surface area contributed by atoms with Gasteiger partial charge in [0.25, 0.3) is 5.91 Å². The van der Waals surface area contributed by atoms with E-state index in [-0.39, 0.29) is 24.4 Å². The number of amides is 2. The Morgan fingerprint density at radius 3 is 2.51 bits per heavy atom. The smallest absolute Gasteiger partial charge is 0.254 e. The third-order valence-corrected chi connectivity index (χ3v) is 7.51. The van der Waals surface area contributed by atoms with E-state index < -0.39 is 5.54 Å². The lowest BCUT2D eigenvalue weighted by Crippen LogP contribution is -2.53. The monoisotopic (exact) mass is 490 g/mol. The summed E-state index contributed by atoms with van der Waals surface area (Å²) in [5.41, 5.74) is 3.50. The molecular formula is C29H34N2O3S. The predicted octanol–water partition coefficient (Wildman–Crippen LogP) is 5.81. The molecule has 0 fully saturated rings. The Morgan fingerprint density at radius 1 is 1.09 bits per heavy atom. The Morgan fingerprint density at radius 2 is 1.83 bits per heavy atom. The first-order chi connectivity index (χ1) is 16.6. The Bertz CT molecular complexity index is 1200. The van der Waals surface area contributed by atoms with Crippen LogP contribution < -0.4 is 4.74 Å². The van der Waals surface area contributed by atoms with Gasteiger partial charge in [0.15, 0.2) is 0 Å². The van der Waals surface area contributed by atoms with Crippen molar-refractivity contribution in [2.24, 2.45) is 0 Å². The molecule has 1 unspecified atom stereocenters. The highest BCUT2D eigenvalue weighted by molar-refractivity contribution is 7.10. The van der Waals surface area contributed by atoms with Crippen molar-refractivity contribution in [3.63, 3.8) is 0 Å². The van der Waals surface area contributed by atoms with Crippen molar-refractivity contribution in [3.8, 4) is 5.75 Å². The van der Waals surface area contributed by atoms with Gasteiger partial charge in [-0.05, 0) is 81.8 Å². The van der Waals surface area contributed by atoms with Crippen LogP contribution in [0.1, 0.15) is 58.7 Å². The third-order valence-electron chi connectivity index (χ3n) is 6.51. The fourth-order valence-electron chi connectivity index (χ4n) is 4.58. The molecule has 0 N–H and O–H groups in total. The van der Waals surface area contributed by atoms with Crippen molar-refractivity contribution < 1.29 is 14.3 Å². The van der Waals surface area contributed by atoms with Gasteiger partial charge in [0, 0.05) is 22.5 Å². The minimum Gasteiger partial charge on any atom is -0.491 e. The molecule has 2 amide bonds. The van der Waals surface area contributed by atoms with Gasteiger partial charge in [0.05, 0.1) is 6.04 Å². The van der Waals surface area contributed by atoms with Crippen molar-refractivity contribution >= 4 is 23.2 Å². The first kappa shape index (κ1) is 25.0. The topological polar surface area (TPSA) is 49.9 Å². The number of carbonyl (C=O) groups excluding carboxylic acids is 2. The SMILES string of the molecule is Cc1ccc(OCC2c3ccsc3CCN2C(=O)CN(C(=O)c2ccccc2)C(C)(C)C)c(C)c1. The molecule has 1 aliphatic heterocycles. The van der Waals surface area contributed by atoms with Crippen molar-refractivity contribution in [1.82, 2.24) is 9.80 Å². The molecule has 35 heavy (non-hydrogen) atoms. The largest absolute Gasteiger partial charge is 0.491 e. The standard InChI is InChI=1S/C29H34N2O3S/c1-20-11-12-25(21(2)17-20)34-19-24-23-14-16-35-26(23)13-15-30(24)27(32)18-31(29(3,4)5)28(33)22-9-7-6-8-10-22/h6-12,14,16-17,24H,13,15,18-19H2,1-5H3. The fraction of sp³-hybridized carbons (Fsp3) is 0.379. The molecule has 2 heterocycles. The zero-order valence-corrected chi connectivity index (χ0v) is 22.0. The highest BCUT2D eigenvalue weighted by Gasteiger charge is 2.36. The van der Waals surface area contributed by atoms with Crippen LogP contribution in [0.4, 0.5) is 0 Å². The number of nitrogens with zero attached hydrogens (tertiary/aromatic N) is 2. The molecule has 1 aliphatic rings. The summed E-state index contributed by atoms with van der Waals surface area (Å²) in [6.45, 7) is 11.0. The summed E-state index contributed by atoms with van der Waals surface area (Å²) in [5, 5.41) is 2.09. The van der Waals surface area contributed by atoms with Gasteiger partial charge in [-0.2, -0.15) is 0 Å². The molecule has 2 aromatic carbocycles. The Kier molecular flexibility index (Phi) is 7.31. The number of benzene rings is 2. The second-order valence-electron chi connectivity index (χ2n) is 10.2. The maximum absolute atomic E-state index is 13.7. The van der Waals surface area contributed by atoms with Gasteiger partial charge in [-0.1, -0.05) is 35.9 Å². The van der Waals surface area contributed by atoms with E-state index in [9.17, 15) is 9.59 Å². The average Bonchev–Trinajstić information content (AvgIpc) is 3.30. The molecular weight excluding hydrogens is 456 g/mol. The molecule has 1 atom stereocenters. The lowest BCUT2D eigenvalue weighted by molar-refractivity contribution is -0.136. The first-order valence-corrected chi connectivity index (χ1v) is 13.0. The lowest BCUT2D eigenvalue weighted by Gasteiger charge is -2.40. The summed E-state index contributed by atoms with van der Waals surface area (Å²) >= 11 is 1.73. The van der Waals surface area contributed by atoms with Gasteiger partial charge in [-0.25, -0.2) is 0 Å². The maximum atomic E-state index is 13.7. The number of carbonyl (C=O) groups is 2. The number of rotatable bonds is 6. The molecule has 0 bridgehead atoms. The van der Waals surface area contributed by atoms with E-state index in [1.54, 1.807) is 28.4 Å². The average molecular weight is 491 g/mol. The van der Waals surface area contributed by atoms with Crippen LogP contribution in [0.2, 0.25) is 0 Å². The number of aryl methyl sites for hydroxylation is 2. The van der Waals surface area contributed by atoms with Crippen LogP contribution in [-0.4, -0.2) is 46.8 Å². The van der Waals surface area contributed by atoms with Gasteiger partial charge < -0.3 is 14.5 Å². The number of thiophene rings is 1. The summed E-state index contributed by atoms with van der Waals surface area (Å²) in [7, 11) is 0. The third kappa shape index (κ3) is 5.59. The van der Waals surface area contributed by atoms with Crippen molar-refractivity contribution in [3.05, 3.63) is 87.1 Å². The maximum Gasteiger partial charge on any atom is 0.254 e. The normalized spacial score (nSPS) is 15.5. The molecule has 4 rings (SSSR count). The summed E-state index contributed by atoms with van der Waals surface area (Å²) in [6.07, 6.45) is 0.820. The van der Waals surface area contributed by atoms with Crippen LogP contribution in [0.5, 0.6) is 5.75 Å². The van der Waals surface area contributed by atoms with E-state index in [0.29, 0.717) is 18.7 Å². The lowest BCUT2D eigenvalue weighted by atomic mass is 9.99. The van der Waals surface area contributed by atoms with Crippen LogP contribution in [0.15, 0.2) is 60.0 Å². The molecule has 184 valence electrons. The summed E-state index contributed by atoms with van der Waals surface area (Å²) in [5.74, 6) is 0.638. The molecule has 0 aliphatic carbocycles. The molecule has 0 saturated carbocycles. The Balaban J connectivity index is 1.57. The summed E-state index contributed by atoms with van der Waals surface area (Å²) in [4.78, 5) is 32.0. The van der Waals surface area contributed by atoms with E-state index in [2.05, 4.69) is 24.4 Å². The quantitative estimate of drug-likeness (QED) is 0.438. The van der Waals surface area contributed by atoms with E-state index in [0.717, 1.165) is 23.3 Å². The van der Waals surface area contributed by atoms with E-state index in [1.165, 1.54) is 10.4 Å². The van der Waals surface area contributed by atoms with Crippen LogP contribution >= 0.6 is 11.3 Å². The minimum absolute atomic E-state index is 0.0246. The van der Waals surface area contributed by atoms with Gasteiger partial charge in [0.1, 0.15) is 18.9 Å². The molecule has 6 heteroatoms. The van der Waals surface area contributed by atoms with Gasteiger partial charge >= 0.3 is 0 Å². The number of hydrogen-bond donors (Lipinski definition) is 0. The molecule has 1 aromatic heterocycles. The van der Waals surface area contributed by atoms with Crippen molar-refractivity contribution in [2.45, 2.75) is 52.6 Å². The molecule has 0 saturated heterocycles. The van der Waals surface area contributed by atoms with Crippen molar-refractivity contribution in [2.75, 3.05) is 19.7 Å². The van der Waals surface area contributed by atoms with E-state index in [1.807, 2.05) is 62.9 Å². The van der Waals surface area contributed by atoms with Gasteiger partial charge in [-0.15, -0.1) is 11.3 Å². The first-order valence-electron chi connectivity index (χ1n) is 12.1. The Hall–Kier alpha value is -3.12. The van der Waals surface area contributed by atoms with Crippen LogP contribution in [-0.2, 0) is 11.2 Å². The van der Waals surface area contributed by atoms with Crippen LogP contribution in [0.25, 0.3) is 0 Å². The van der Waals surface area contributed by atoms with Crippen LogP contribution in [0, 0.1) is 13.8 Å². The number of hydrogen-bond acceptors (Lipinski definition) is 4. The number of ether oxygens (including phenoxy) is 1. The molecule has 0 radical (unpaired) electrons. The summed E-state index contributed by atoms with van der Waals surface area (Å²) < 4.78 is 6.26. The highest BCUT2D eigenvalue weighted by atomic mass is 32.1. The second kappa shape index (κ2) is 10.2. The zero-order chi connectivity index (χ0) is 25.2. The van der Waals surface area contributed by atoms with Gasteiger partial charge in [-0.3, -0.25) is 9.59 Å². The molecule has 0 spiro atoms. The van der Waals surface area contributed by atoms with E-state index >= 15 is 0 Å². The second-order valence-corrected chi connectivity index (χ2v) is 11.2. The minimum atomic E-state index is -0.503. The summed E-state index contributed by atoms with van der Waals surface area (Å²) in [6, 6.07) is 17.2. The number of fused-ring (bicyclic) bond motifs is 1. The molecule has 3 aromatic rings. The zero-order valence-electron chi connectivity index (χ0n) is 21.2. The predicted molar refractivity (Wildman–Crippen MR) is 141 cm³/mol. The highest BCUT2D eigenvalue weighted by Crippen LogP contribution is 2.34. The van der Waals surface area contributed by atoms with Crippen LogP contribution in [0.3, 0.4) is 0 Å².